The van der Waals surface area contributed by atoms with Gasteiger partial charge < -0.3 is 5.73 Å². The number of nitrogens with zero attached hydrogens (tertiary/aromatic N) is 5. The van der Waals surface area contributed by atoms with Crippen LogP contribution in [0.4, 0.5) is 5.82 Å². The molecular formula is C21H17N7O. The predicted molar refractivity (Wildman–Crippen MR) is 111 cm³/mol. The van der Waals surface area contributed by atoms with Gasteiger partial charge in [0.1, 0.15) is 11.4 Å². The Hall–Kier alpha value is -4.33. The van der Waals surface area contributed by atoms with Gasteiger partial charge in [-0.05, 0) is 17.7 Å². The predicted octanol–water partition coefficient (Wildman–Crippen LogP) is 2.68. The second-order valence-corrected chi connectivity index (χ2v) is 6.11. The lowest BCUT2D eigenvalue weighted by Crippen LogP contribution is -2.19. The fraction of sp³-hybridized carbons (Fsp3) is 0. The van der Waals surface area contributed by atoms with Crippen LogP contribution in [-0.4, -0.2) is 32.1 Å². The molecule has 0 fully saturated rings. The van der Waals surface area contributed by atoms with Crippen molar-refractivity contribution in [3.05, 3.63) is 90.1 Å². The molecule has 0 aliphatic carbocycles. The number of amides is 1. The van der Waals surface area contributed by atoms with Crippen LogP contribution in [0.25, 0.3) is 17.1 Å². The van der Waals surface area contributed by atoms with Crippen molar-refractivity contribution >= 4 is 17.9 Å². The van der Waals surface area contributed by atoms with Crippen LogP contribution >= 0.6 is 0 Å². The SMILES string of the molecule is Nc1c(C(=O)N/N=C/c2ccccc2)cnn1-c1ccc(-c2ccccc2)nn1. The van der Waals surface area contributed by atoms with Crippen molar-refractivity contribution in [3.63, 3.8) is 0 Å². The highest BCUT2D eigenvalue weighted by atomic mass is 16.2. The summed E-state index contributed by atoms with van der Waals surface area (Å²) in [7, 11) is 0. The monoisotopic (exact) mass is 383 g/mol. The van der Waals surface area contributed by atoms with E-state index in [2.05, 4.69) is 25.8 Å². The van der Waals surface area contributed by atoms with Crippen molar-refractivity contribution in [1.82, 2.24) is 25.4 Å². The molecule has 0 aliphatic heterocycles. The number of carbonyl (C=O) groups excluding carboxylic acids is 1. The standard InChI is InChI=1S/C21H17N7O/c22-20-17(21(29)27-23-13-15-7-3-1-4-8-15)14-24-28(20)19-12-11-18(25-26-19)16-9-5-2-6-10-16/h1-14H,22H2,(H,27,29)/b23-13+. The van der Waals surface area contributed by atoms with Gasteiger partial charge in [-0.3, -0.25) is 4.79 Å². The van der Waals surface area contributed by atoms with Crippen molar-refractivity contribution in [1.29, 1.82) is 0 Å². The van der Waals surface area contributed by atoms with Gasteiger partial charge in [0.15, 0.2) is 5.82 Å². The zero-order valence-corrected chi connectivity index (χ0v) is 15.3. The molecule has 0 spiro atoms. The first-order valence-corrected chi connectivity index (χ1v) is 8.84. The Kier molecular flexibility index (Phi) is 5.06. The number of rotatable bonds is 5. The minimum absolute atomic E-state index is 0.152. The summed E-state index contributed by atoms with van der Waals surface area (Å²) >= 11 is 0. The van der Waals surface area contributed by atoms with Crippen molar-refractivity contribution < 1.29 is 4.79 Å². The summed E-state index contributed by atoms with van der Waals surface area (Å²) in [5.74, 6) is 0.1000. The maximum absolute atomic E-state index is 12.3. The summed E-state index contributed by atoms with van der Waals surface area (Å²) in [5, 5.41) is 16.5. The molecule has 0 atom stereocenters. The van der Waals surface area contributed by atoms with E-state index >= 15 is 0 Å². The maximum atomic E-state index is 12.3. The van der Waals surface area contributed by atoms with E-state index in [0.29, 0.717) is 5.82 Å². The normalized spacial score (nSPS) is 10.9. The van der Waals surface area contributed by atoms with E-state index in [1.165, 1.54) is 10.9 Å². The van der Waals surface area contributed by atoms with E-state index in [1.54, 1.807) is 12.3 Å². The third-order valence-electron chi connectivity index (χ3n) is 4.17. The lowest BCUT2D eigenvalue weighted by Gasteiger charge is -2.05. The fourth-order valence-corrected chi connectivity index (χ4v) is 2.68. The second kappa shape index (κ2) is 8.13. The van der Waals surface area contributed by atoms with Crippen molar-refractivity contribution in [2.24, 2.45) is 5.10 Å². The summed E-state index contributed by atoms with van der Waals surface area (Å²) in [6, 6.07) is 22.7. The number of hydrogen-bond acceptors (Lipinski definition) is 6. The number of nitrogens with two attached hydrogens (primary N) is 1. The average molecular weight is 383 g/mol. The zero-order valence-electron chi connectivity index (χ0n) is 15.3. The molecule has 0 unspecified atom stereocenters. The molecule has 0 radical (unpaired) electrons. The van der Waals surface area contributed by atoms with Gasteiger partial charge in [-0.15, -0.1) is 10.2 Å². The third kappa shape index (κ3) is 4.01. The fourth-order valence-electron chi connectivity index (χ4n) is 2.68. The highest BCUT2D eigenvalue weighted by Gasteiger charge is 2.16. The highest BCUT2D eigenvalue weighted by molar-refractivity contribution is 5.98. The number of hydrogen-bond donors (Lipinski definition) is 2. The van der Waals surface area contributed by atoms with Gasteiger partial charge in [0.05, 0.1) is 18.1 Å². The summed E-state index contributed by atoms with van der Waals surface area (Å²) in [4.78, 5) is 12.3. The van der Waals surface area contributed by atoms with Gasteiger partial charge in [-0.1, -0.05) is 60.7 Å². The quantitative estimate of drug-likeness (QED) is 0.407. The van der Waals surface area contributed by atoms with Crippen LogP contribution in [0.3, 0.4) is 0 Å². The number of nitrogens with one attached hydrogen (secondary N) is 1. The minimum Gasteiger partial charge on any atom is -0.383 e. The number of carbonyl (C=O) groups is 1. The third-order valence-corrected chi connectivity index (χ3v) is 4.17. The molecule has 142 valence electrons. The second-order valence-electron chi connectivity index (χ2n) is 6.11. The van der Waals surface area contributed by atoms with Crippen LogP contribution in [0, 0.1) is 0 Å². The Morgan fingerprint density at radius 1 is 0.966 bits per heavy atom. The number of benzene rings is 2. The molecule has 2 heterocycles. The van der Waals surface area contributed by atoms with Crippen molar-refractivity contribution in [3.8, 4) is 17.1 Å². The lowest BCUT2D eigenvalue weighted by molar-refractivity contribution is 0.0956. The maximum Gasteiger partial charge on any atom is 0.276 e. The van der Waals surface area contributed by atoms with E-state index in [9.17, 15) is 4.79 Å². The average Bonchev–Trinajstić information content (AvgIpc) is 3.16. The molecule has 2 aromatic heterocycles. The van der Waals surface area contributed by atoms with Crippen molar-refractivity contribution in [2.75, 3.05) is 5.73 Å². The number of anilines is 1. The molecule has 3 N–H and O–H groups in total. The molecule has 1 amide bonds. The molecule has 29 heavy (non-hydrogen) atoms. The lowest BCUT2D eigenvalue weighted by atomic mass is 10.1. The van der Waals surface area contributed by atoms with Crippen LogP contribution in [-0.2, 0) is 0 Å². The van der Waals surface area contributed by atoms with Crippen LogP contribution in [0.1, 0.15) is 15.9 Å². The first kappa shape index (κ1) is 18.1. The first-order valence-electron chi connectivity index (χ1n) is 8.84. The van der Waals surface area contributed by atoms with Crippen molar-refractivity contribution in [2.45, 2.75) is 0 Å². The van der Waals surface area contributed by atoms with E-state index < -0.39 is 5.91 Å². The summed E-state index contributed by atoms with van der Waals surface area (Å²) in [6.45, 7) is 0. The van der Waals surface area contributed by atoms with Gasteiger partial charge in [-0.2, -0.15) is 14.9 Å². The van der Waals surface area contributed by atoms with Crippen LogP contribution in [0.15, 0.2) is 84.1 Å². The highest BCUT2D eigenvalue weighted by Crippen LogP contribution is 2.19. The smallest absolute Gasteiger partial charge is 0.276 e. The largest absolute Gasteiger partial charge is 0.383 e. The molecule has 4 rings (SSSR count). The number of hydrazone groups is 1. The van der Waals surface area contributed by atoms with Crippen LogP contribution in [0.5, 0.6) is 0 Å². The molecular weight excluding hydrogens is 366 g/mol. The van der Waals surface area contributed by atoms with Gasteiger partial charge in [0, 0.05) is 5.56 Å². The molecule has 0 aliphatic rings. The Labute approximate surface area is 166 Å². The zero-order chi connectivity index (χ0) is 20.1. The van der Waals surface area contributed by atoms with Gasteiger partial charge in [0.2, 0.25) is 0 Å². The minimum atomic E-state index is -0.463. The molecule has 4 aromatic rings. The Morgan fingerprint density at radius 3 is 2.38 bits per heavy atom. The molecule has 0 bridgehead atoms. The number of nitrogen functional groups attached to an aromatic ring is 1. The molecule has 8 heteroatoms. The van der Waals surface area contributed by atoms with Crippen LogP contribution in [0.2, 0.25) is 0 Å². The summed E-state index contributed by atoms with van der Waals surface area (Å²) in [5.41, 5.74) is 11.3. The summed E-state index contributed by atoms with van der Waals surface area (Å²) < 4.78 is 1.36. The molecule has 0 saturated heterocycles. The first-order chi connectivity index (χ1) is 14.2. The molecule has 2 aromatic carbocycles. The van der Waals surface area contributed by atoms with Crippen LogP contribution < -0.4 is 11.2 Å². The Bertz CT molecular complexity index is 1140. The number of aromatic nitrogens is 4. The van der Waals surface area contributed by atoms with E-state index in [-0.39, 0.29) is 11.4 Å². The van der Waals surface area contributed by atoms with Gasteiger partial charge >= 0.3 is 0 Å². The summed E-state index contributed by atoms with van der Waals surface area (Å²) in [6.07, 6.45) is 2.92. The Morgan fingerprint density at radius 2 is 1.69 bits per heavy atom. The van der Waals surface area contributed by atoms with E-state index in [0.717, 1.165) is 16.8 Å². The van der Waals surface area contributed by atoms with E-state index in [4.69, 9.17) is 5.73 Å². The van der Waals surface area contributed by atoms with Gasteiger partial charge in [0.25, 0.3) is 5.91 Å². The molecule has 0 saturated carbocycles. The van der Waals surface area contributed by atoms with Gasteiger partial charge in [-0.25, -0.2) is 5.43 Å². The topological polar surface area (TPSA) is 111 Å². The molecule has 8 nitrogen and oxygen atoms in total. The Balaban J connectivity index is 1.49. The van der Waals surface area contributed by atoms with E-state index in [1.807, 2.05) is 66.7 Å².